The van der Waals surface area contributed by atoms with Crippen molar-refractivity contribution in [3.8, 4) is 0 Å². The first kappa shape index (κ1) is 16.9. The molecule has 0 saturated carbocycles. The lowest BCUT2D eigenvalue weighted by atomic mass is 10.1. The first-order valence-corrected chi connectivity index (χ1v) is 6.69. The van der Waals surface area contributed by atoms with Crippen LogP contribution in [0.3, 0.4) is 0 Å². The molecule has 0 fully saturated rings. The fourth-order valence-corrected chi connectivity index (χ4v) is 2.05. The number of rotatable bonds is 8. The molecule has 1 atom stereocenters. The summed E-state index contributed by atoms with van der Waals surface area (Å²) in [6.45, 7) is 4.93. The molecule has 0 aliphatic heterocycles. The van der Waals surface area contributed by atoms with Crippen molar-refractivity contribution in [1.82, 2.24) is 0 Å². The Labute approximate surface area is 123 Å². The molecule has 1 aromatic carbocycles. The van der Waals surface area contributed by atoms with Crippen molar-refractivity contribution in [2.75, 3.05) is 25.2 Å². The van der Waals surface area contributed by atoms with E-state index in [1.54, 1.807) is 7.11 Å². The first-order chi connectivity index (χ1) is 9.92. The highest BCUT2D eigenvalue weighted by Crippen LogP contribution is 2.27. The largest absolute Gasteiger partial charge is 0.478 e. The van der Waals surface area contributed by atoms with E-state index >= 15 is 0 Å². The quantitative estimate of drug-likeness (QED) is 0.585. The first-order valence-electron chi connectivity index (χ1n) is 6.69. The van der Waals surface area contributed by atoms with Gasteiger partial charge < -0.3 is 14.7 Å². The number of non-ortho nitro benzene ring substituents is 1. The summed E-state index contributed by atoms with van der Waals surface area (Å²) >= 11 is 0. The van der Waals surface area contributed by atoms with Crippen molar-refractivity contribution >= 4 is 17.3 Å². The van der Waals surface area contributed by atoms with E-state index in [1.807, 2.05) is 18.7 Å². The summed E-state index contributed by atoms with van der Waals surface area (Å²) in [5.41, 5.74) is 0.173. The van der Waals surface area contributed by atoms with Gasteiger partial charge in [-0.1, -0.05) is 6.92 Å². The zero-order valence-electron chi connectivity index (χ0n) is 12.4. The molecule has 0 aliphatic carbocycles. The standard InChI is InChI=1S/C14H20N2O5/c1-4-10(2)15(7-8-21-3)13-6-5-11(16(19)20)9-12(13)14(17)18/h5-6,9-10H,4,7-8H2,1-3H3,(H,17,18). The predicted molar refractivity (Wildman–Crippen MR) is 79.0 cm³/mol. The number of carboxylic acids is 1. The van der Waals surface area contributed by atoms with Gasteiger partial charge in [0.15, 0.2) is 0 Å². The second-order valence-electron chi connectivity index (χ2n) is 4.71. The molecule has 0 heterocycles. The van der Waals surface area contributed by atoms with Crippen LogP contribution >= 0.6 is 0 Å². The maximum atomic E-state index is 11.4. The van der Waals surface area contributed by atoms with E-state index in [0.717, 1.165) is 12.5 Å². The highest BCUT2D eigenvalue weighted by atomic mass is 16.6. The Morgan fingerprint density at radius 3 is 2.67 bits per heavy atom. The van der Waals surface area contributed by atoms with Gasteiger partial charge in [0.25, 0.3) is 5.69 Å². The van der Waals surface area contributed by atoms with Gasteiger partial charge in [-0.3, -0.25) is 10.1 Å². The number of aromatic carboxylic acids is 1. The smallest absolute Gasteiger partial charge is 0.338 e. The number of nitrogens with zero attached hydrogens (tertiary/aromatic N) is 2. The van der Waals surface area contributed by atoms with E-state index in [0.29, 0.717) is 18.8 Å². The molecular weight excluding hydrogens is 276 g/mol. The fourth-order valence-electron chi connectivity index (χ4n) is 2.05. The van der Waals surface area contributed by atoms with Crippen molar-refractivity contribution in [3.63, 3.8) is 0 Å². The Morgan fingerprint density at radius 2 is 2.19 bits per heavy atom. The number of nitro benzene ring substituents is 1. The molecule has 1 unspecified atom stereocenters. The minimum atomic E-state index is -1.18. The number of anilines is 1. The molecule has 1 aromatic rings. The van der Waals surface area contributed by atoms with Gasteiger partial charge in [-0.05, 0) is 19.4 Å². The van der Waals surface area contributed by atoms with Crippen LogP contribution in [0.2, 0.25) is 0 Å². The van der Waals surface area contributed by atoms with Crippen molar-refractivity contribution < 1.29 is 19.6 Å². The van der Waals surface area contributed by atoms with Gasteiger partial charge in [-0.15, -0.1) is 0 Å². The zero-order chi connectivity index (χ0) is 16.0. The fraction of sp³-hybridized carbons (Fsp3) is 0.500. The molecule has 7 heteroatoms. The zero-order valence-corrected chi connectivity index (χ0v) is 12.4. The summed E-state index contributed by atoms with van der Waals surface area (Å²) < 4.78 is 5.05. The van der Waals surface area contributed by atoms with Crippen LogP contribution in [0.1, 0.15) is 30.6 Å². The Balaban J connectivity index is 3.28. The van der Waals surface area contributed by atoms with Gasteiger partial charge in [0.1, 0.15) is 0 Å². The van der Waals surface area contributed by atoms with Crippen molar-refractivity contribution in [1.29, 1.82) is 0 Å². The summed E-state index contributed by atoms with van der Waals surface area (Å²) in [4.78, 5) is 23.5. The summed E-state index contributed by atoms with van der Waals surface area (Å²) in [7, 11) is 1.57. The molecule has 0 spiro atoms. The normalized spacial score (nSPS) is 12.0. The second-order valence-corrected chi connectivity index (χ2v) is 4.71. The minimum Gasteiger partial charge on any atom is -0.478 e. The molecule has 0 aliphatic rings. The van der Waals surface area contributed by atoms with E-state index in [4.69, 9.17) is 4.74 Å². The Bertz CT molecular complexity index is 518. The van der Waals surface area contributed by atoms with Crippen LogP contribution in [0, 0.1) is 10.1 Å². The number of benzene rings is 1. The molecule has 21 heavy (non-hydrogen) atoms. The third kappa shape index (κ3) is 4.16. The topological polar surface area (TPSA) is 92.9 Å². The van der Waals surface area contributed by atoms with Crippen molar-refractivity contribution in [2.24, 2.45) is 0 Å². The number of carboxylic acid groups (broad SMARTS) is 1. The van der Waals surface area contributed by atoms with E-state index in [9.17, 15) is 20.0 Å². The molecule has 7 nitrogen and oxygen atoms in total. The van der Waals surface area contributed by atoms with Crippen LogP contribution < -0.4 is 4.90 Å². The van der Waals surface area contributed by atoms with E-state index in [2.05, 4.69) is 0 Å². The molecular formula is C14H20N2O5. The highest BCUT2D eigenvalue weighted by Gasteiger charge is 2.22. The van der Waals surface area contributed by atoms with Crippen LogP contribution in [0.4, 0.5) is 11.4 Å². The van der Waals surface area contributed by atoms with Crippen LogP contribution in [0.15, 0.2) is 18.2 Å². The number of carbonyl (C=O) groups is 1. The number of hydrogen-bond acceptors (Lipinski definition) is 5. The van der Waals surface area contributed by atoms with E-state index < -0.39 is 10.9 Å². The maximum Gasteiger partial charge on any atom is 0.338 e. The third-order valence-electron chi connectivity index (χ3n) is 3.39. The third-order valence-corrected chi connectivity index (χ3v) is 3.39. The van der Waals surface area contributed by atoms with E-state index in [1.165, 1.54) is 12.1 Å². The number of ether oxygens (including phenoxy) is 1. The monoisotopic (exact) mass is 296 g/mol. The van der Waals surface area contributed by atoms with Crippen LogP contribution in [0.5, 0.6) is 0 Å². The molecule has 0 bridgehead atoms. The van der Waals surface area contributed by atoms with Crippen LogP contribution in [-0.2, 0) is 4.74 Å². The lowest BCUT2D eigenvalue weighted by molar-refractivity contribution is -0.384. The summed E-state index contributed by atoms with van der Waals surface area (Å²) in [6, 6.07) is 4.01. The summed E-state index contributed by atoms with van der Waals surface area (Å²) in [6.07, 6.45) is 0.819. The molecule has 0 amide bonds. The number of methoxy groups -OCH3 is 1. The molecule has 1 N–H and O–H groups in total. The van der Waals surface area contributed by atoms with E-state index in [-0.39, 0.29) is 17.3 Å². The molecule has 1 rings (SSSR count). The Kier molecular flexibility index (Phi) is 6.10. The van der Waals surface area contributed by atoms with Gasteiger partial charge in [-0.2, -0.15) is 0 Å². The SMILES string of the molecule is CCC(C)N(CCOC)c1ccc([N+](=O)[O-])cc1C(=O)O. The van der Waals surface area contributed by atoms with Gasteiger partial charge in [0.2, 0.25) is 0 Å². The number of hydrogen-bond donors (Lipinski definition) is 1. The Morgan fingerprint density at radius 1 is 1.52 bits per heavy atom. The molecule has 0 saturated heterocycles. The maximum absolute atomic E-state index is 11.4. The van der Waals surface area contributed by atoms with Crippen LogP contribution in [0.25, 0.3) is 0 Å². The second kappa shape index (κ2) is 7.58. The van der Waals surface area contributed by atoms with Crippen LogP contribution in [-0.4, -0.2) is 42.3 Å². The average molecular weight is 296 g/mol. The lowest BCUT2D eigenvalue weighted by Gasteiger charge is -2.31. The highest BCUT2D eigenvalue weighted by molar-refractivity contribution is 5.95. The van der Waals surface area contributed by atoms with Crippen molar-refractivity contribution in [3.05, 3.63) is 33.9 Å². The molecule has 0 aromatic heterocycles. The Hall–Kier alpha value is -2.15. The molecule has 0 radical (unpaired) electrons. The average Bonchev–Trinajstić information content (AvgIpc) is 2.46. The van der Waals surface area contributed by atoms with Gasteiger partial charge in [0, 0.05) is 31.8 Å². The summed E-state index contributed by atoms with van der Waals surface area (Å²) in [5, 5.41) is 20.1. The minimum absolute atomic E-state index is 0.0689. The number of nitro groups is 1. The predicted octanol–water partition coefficient (Wildman–Crippen LogP) is 2.54. The van der Waals surface area contributed by atoms with Gasteiger partial charge in [0.05, 0.1) is 22.8 Å². The molecule has 116 valence electrons. The lowest BCUT2D eigenvalue weighted by Crippen LogP contribution is -2.36. The van der Waals surface area contributed by atoms with Gasteiger partial charge in [-0.25, -0.2) is 4.79 Å². The van der Waals surface area contributed by atoms with Crippen molar-refractivity contribution in [2.45, 2.75) is 26.3 Å². The van der Waals surface area contributed by atoms with Gasteiger partial charge >= 0.3 is 5.97 Å². The summed E-state index contributed by atoms with van der Waals surface area (Å²) in [5.74, 6) is -1.18.